The van der Waals surface area contributed by atoms with Crippen LogP contribution in [0.5, 0.6) is 0 Å². The first-order valence-corrected chi connectivity index (χ1v) is 12.0. The summed E-state index contributed by atoms with van der Waals surface area (Å²) in [6.45, 7) is 4.72. The summed E-state index contributed by atoms with van der Waals surface area (Å²) in [4.78, 5) is 5.46. The molecule has 0 aromatic heterocycles. The molecular formula is C29H34N2. The minimum atomic E-state index is 0.201. The van der Waals surface area contributed by atoms with Gasteiger partial charge in [-0.1, -0.05) is 86.0 Å². The molecule has 0 spiro atoms. The van der Waals surface area contributed by atoms with Crippen molar-refractivity contribution < 1.29 is 0 Å². The smallest absolute Gasteiger partial charge is 0.129 e. The molecule has 1 heterocycles. The summed E-state index contributed by atoms with van der Waals surface area (Å²) < 4.78 is 0. The Morgan fingerprint density at radius 1 is 0.677 bits per heavy atom. The zero-order valence-corrected chi connectivity index (χ0v) is 18.8. The molecule has 3 aromatic rings. The largest absolute Gasteiger partial charge is 0.342 e. The first-order chi connectivity index (χ1) is 15.3. The molecule has 2 fully saturated rings. The molecule has 2 nitrogen and oxygen atoms in total. The van der Waals surface area contributed by atoms with Gasteiger partial charge in [-0.15, -0.1) is 0 Å². The minimum absolute atomic E-state index is 0.201. The van der Waals surface area contributed by atoms with Gasteiger partial charge in [0, 0.05) is 17.4 Å². The third-order valence-corrected chi connectivity index (χ3v) is 7.46. The molecule has 2 heteroatoms. The van der Waals surface area contributed by atoms with Crippen LogP contribution in [-0.4, -0.2) is 12.1 Å². The highest BCUT2D eigenvalue weighted by Crippen LogP contribution is 2.48. The Bertz CT molecular complexity index is 978. The highest BCUT2D eigenvalue weighted by atomic mass is 15.5. The van der Waals surface area contributed by atoms with Crippen LogP contribution in [0, 0.1) is 12.8 Å². The molecular weight excluding hydrogens is 376 g/mol. The molecule has 2 aliphatic rings. The van der Waals surface area contributed by atoms with E-state index in [0.29, 0.717) is 12.1 Å². The number of anilines is 2. The summed E-state index contributed by atoms with van der Waals surface area (Å²) in [5, 5.41) is 0. The van der Waals surface area contributed by atoms with E-state index in [-0.39, 0.29) is 6.17 Å². The highest BCUT2D eigenvalue weighted by Gasteiger charge is 2.49. The molecule has 0 bridgehead atoms. The van der Waals surface area contributed by atoms with Crippen LogP contribution in [0.2, 0.25) is 0 Å². The second-order valence-corrected chi connectivity index (χ2v) is 9.35. The van der Waals surface area contributed by atoms with E-state index >= 15 is 0 Å². The number of rotatable bonds is 4. The summed E-state index contributed by atoms with van der Waals surface area (Å²) in [5.41, 5.74) is 5.44. The second-order valence-electron chi connectivity index (χ2n) is 9.35. The van der Waals surface area contributed by atoms with Crippen LogP contribution in [0.4, 0.5) is 11.4 Å². The lowest BCUT2D eigenvalue weighted by Crippen LogP contribution is -2.42. The molecule has 0 amide bonds. The first kappa shape index (κ1) is 20.2. The van der Waals surface area contributed by atoms with Gasteiger partial charge in [0.05, 0.1) is 6.04 Å². The third-order valence-electron chi connectivity index (χ3n) is 7.46. The van der Waals surface area contributed by atoms with Crippen molar-refractivity contribution in [1.29, 1.82) is 0 Å². The first-order valence-electron chi connectivity index (χ1n) is 12.0. The van der Waals surface area contributed by atoms with Gasteiger partial charge in [0.1, 0.15) is 6.17 Å². The molecule has 2 unspecified atom stereocenters. The Kier molecular flexibility index (Phi) is 5.72. The summed E-state index contributed by atoms with van der Waals surface area (Å²) >= 11 is 0. The van der Waals surface area contributed by atoms with Gasteiger partial charge in [-0.05, 0) is 61.9 Å². The Morgan fingerprint density at radius 3 is 1.97 bits per heavy atom. The number of hydrogen-bond donors (Lipinski definition) is 0. The monoisotopic (exact) mass is 410 g/mol. The maximum absolute atomic E-state index is 2.75. The molecule has 1 saturated heterocycles. The maximum atomic E-state index is 2.75. The van der Waals surface area contributed by atoms with Crippen LogP contribution >= 0.6 is 0 Å². The molecule has 3 atom stereocenters. The van der Waals surface area contributed by atoms with E-state index < -0.39 is 0 Å². The van der Waals surface area contributed by atoms with E-state index in [0.717, 1.165) is 5.92 Å². The molecule has 1 aliphatic heterocycles. The van der Waals surface area contributed by atoms with Gasteiger partial charge >= 0.3 is 0 Å². The van der Waals surface area contributed by atoms with Gasteiger partial charge < -0.3 is 9.80 Å². The van der Waals surface area contributed by atoms with Gasteiger partial charge in [-0.2, -0.15) is 0 Å². The standard InChI is InChI=1S/C29H34N2/c1-22-14-12-13-21-27(22)30-23(2)28(24-15-6-3-7-16-24)31(26-19-10-5-11-20-26)29(30)25-17-8-4-9-18-25/h4-5,8-14,17-21,23-24,28-29H,3,6-7,15-16H2,1-2H3/t23-,28?,29?/m0/s1. The fraction of sp³-hybridized carbons (Fsp3) is 0.379. The van der Waals surface area contributed by atoms with E-state index in [1.165, 1.54) is 54.6 Å². The topological polar surface area (TPSA) is 6.48 Å². The molecule has 160 valence electrons. The Hall–Kier alpha value is -2.74. The van der Waals surface area contributed by atoms with Crippen molar-refractivity contribution in [2.45, 2.75) is 64.2 Å². The summed E-state index contributed by atoms with van der Waals surface area (Å²) in [6, 6.07) is 32.1. The SMILES string of the molecule is Cc1ccccc1N1C(c2ccccc2)N(c2ccccc2)C(C2CCCCC2)[C@@H]1C. The fourth-order valence-corrected chi connectivity index (χ4v) is 6.08. The van der Waals surface area contributed by atoms with Gasteiger partial charge in [-0.3, -0.25) is 0 Å². The third kappa shape index (κ3) is 3.73. The van der Waals surface area contributed by atoms with E-state index in [1.54, 1.807) is 0 Å². The Labute approximate surface area is 187 Å². The summed E-state index contributed by atoms with van der Waals surface area (Å²) in [6.07, 6.45) is 7.04. The predicted molar refractivity (Wildman–Crippen MR) is 132 cm³/mol. The number of benzene rings is 3. The van der Waals surface area contributed by atoms with Crippen LogP contribution in [0.1, 0.15) is 56.3 Å². The summed E-state index contributed by atoms with van der Waals surface area (Å²) in [7, 11) is 0. The lowest BCUT2D eigenvalue weighted by Gasteiger charge is -2.38. The van der Waals surface area contributed by atoms with E-state index in [1.807, 2.05) is 0 Å². The minimum Gasteiger partial charge on any atom is -0.342 e. The molecule has 0 radical (unpaired) electrons. The highest BCUT2D eigenvalue weighted by molar-refractivity contribution is 5.64. The van der Waals surface area contributed by atoms with Crippen molar-refractivity contribution in [2.24, 2.45) is 5.92 Å². The second kappa shape index (κ2) is 8.78. The van der Waals surface area contributed by atoms with Gasteiger partial charge in [-0.25, -0.2) is 0 Å². The molecule has 5 rings (SSSR count). The van der Waals surface area contributed by atoms with Crippen LogP contribution in [0.25, 0.3) is 0 Å². The van der Waals surface area contributed by atoms with Crippen molar-refractivity contribution in [3.63, 3.8) is 0 Å². The average Bonchev–Trinajstić information content (AvgIpc) is 3.14. The lowest BCUT2D eigenvalue weighted by molar-refractivity contribution is 0.292. The van der Waals surface area contributed by atoms with Gasteiger partial charge in [0.15, 0.2) is 0 Å². The normalized spacial score (nSPS) is 24.5. The van der Waals surface area contributed by atoms with E-state index in [2.05, 4.69) is 109 Å². The van der Waals surface area contributed by atoms with Crippen LogP contribution in [-0.2, 0) is 0 Å². The predicted octanol–water partition coefficient (Wildman–Crippen LogP) is 7.36. The van der Waals surface area contributed by atoms with Crippen molar-refractivity contribution in [1.82, 2.24) is 0 Å². The quantitative estimate of drug-likeness (QED) is 0.443. The molecule has 1 aliphatic carbocycles. The number of hydrogen-bond acceptors (Lipinski definition) is 2. The van der Waals surface area contributed by atoms with Gasteiger partial charge in [0.25, 0.3) is 0 Å². The number of nitrogens with zero attached hydrogens (tertiary/aromatic N) is 2. The number of para-hydroxylation sites is 2. The van der Waals surface area contributed by atoms with E-state index in [9.17, 15) is 0 Å². The zero-order chi connectivity index (χ0) is 21.2. The van der Waals surface area contributed by atoms with Gasteiger partial charge in [0.2, 0.25) is 0 Å². The van der Waals surface area contributed by atoms with Crippen molar-refractivity contribution in [3.8, 4) is 0 Å². The molecule has 3 aromatic carbocycles. The average molecular weight is 411 g/mol. The molecule has 31 heavy (non-hydrogen) atoms. The summed E-state index contributed by atoms with van der Waals surface area (Å²) in [5.74, 6) is 0.740. The van der Waals surface area contributed by atoms with E-state index in [4.69, 9.17) is 0 Å². The van der Waals surface area contributed by atoms with Crippen LogP contribution in [0.3, 0.4) is 0 Å². The van der Waals surface area contributed by atoms with Crippen molar-refractivity contribution >= 4 is 11.4 Å². The Morgan fingerprint density at radius 2 is 1.29 bits per heavy atom. The lowest BCUT2D eigenvalue weighted by atomic mass is 9.81. The van der Waals surface area contributed by atoms with Crippen molar-refractivity contribution in [2.75, 3.05) is 9.80 Å². The van der Waals surface area contributed by atoms with Crippen LogP contribution < -0.4 is 9.80 Å². The number of aryl methyl sites for hydroxylation is 1. The zero-order valence-electron chi connectivity index (χ0n) is 18.8. The fourth-order valence-electron chi connectivity index (χ4n) is 6.08. The molecule has 0 N–H and O–H groups in total. The Balaban J connectivity index is 1.69. The molecule has 1 saturated carbocycles. The maximum Gasteiger partial charge on any atom is 0.129 e. The van der Waals surface area contributed by atoms with Crippen molar-refractivity contribution in [3.05, 3.63) is 96.1 Å². The van der Waals surface area contributed by atoms with Crippen LogP contribution in [0.15, 0.2) is 84.9 Å².